The van der Waals surface area contributed by atoms with Crippen molar-refractivity contribution in [2.24, 2.45) is 0 Å². The van der Waals surface area contributed by atoms with Gasteiger partial charge in [0, 0.05) is 6.54 Å². The highest BCUT2D eigenvalue weighted by Gasteiger charge is 2.16. The number of hydrogen-bond acceptors (Lipinski definition) is 5. The van der Waals surface area contributed by atoms with E-state index in [-0.39, 0.29) is 23.4 Å². The van der Waals surface area contributed by atoms with E-state index in [0.717, 1.165) is 6.07 Å². The molecule has 1 aromatic rings. The predicted octanol–water partition coefficient (Wildman–Crippen LogP) is 0.677. The maximum absolute atomic E-state index is 10.6. The summed E-state index contributed by atoms with van der Waals surface area (Å²) in [5.74, 6) is -1.10. The van der Waals surface area contributed by atoms with Crippen LogP contribution in [-0.4, -0.2) is 40.6 Å². The number of carbonyl (C=O) groups excluding carboxylic acids is 1. The second kappa shape index (κ2) is 4.18. The lowest BCUT2D eigenvalue weighted by molar-refractivity contribution is 0.112. The quantitative estimate of drug-likeness (QED) is 0.389. The van der Waals surface area contributed by atoms with E-state index in [9.17, 15) is 20.1 Å². The molecule has 0 aliphatic rings. The van der Waals surface area contributed by atoms with Crippen molar-refractivity contribution in [2.45, 2.75) is 6.54 Å². The van der Waals surface area contributed by atoms with Crippen LogP contribution in [0.3, 0.4) is 0 Å². The van der Waals surface area contributed by atoms with Gasteiger partial charge in [-0.25, -0.2) is 0 Å². The number of phenols is 3. The van der Waals surface area contributed by atoms with Gasteiger partial charge in [-0.05, 0) is 20.2 Å². The normalized spacial score (nSPS) is 10.6. The molecular weight excluding hydrogens is 198 g/mol. The molecule has 0 saturated heterocycles. The van der Waals surface area contributed by atoms with E-state index in [1.165, 1.54) is 0 Å². The van der Waals surface area contributed by atoms with Gasteiger partial charge in [0.1, 0.15) is 5.75 Å². The first-order valence-corrected chi connectivity index (χ1v) is 4.34. The zero-order valence-corrected chi connectivity index (χ0v) is 8.56. The summed E-state index contributed by atoms with van der Waals surface area (Å²) in [7, 11) is 3.48. The van der Waals surface area contributed by atoms with Crippen LogP contribution in [0.2, 0.25) is 0 Å². The van der Waals surface area contributed by atoms with Crippen LogP contribution in [0, 0.1) is 0 Å². The Balaban J connectivity index is 3.33. The standard InChI is InChI=1S/C10H13NO4/c1-11(2)4-7-9(14)6(5-12)3-8(13)10(7)15/h3,5,13-15H,4H2,1-2H3. The lowest BCUT2D eigenvalue weighted by Gasteiger charge is -2.14. The molecule has 15 heavy (non-hydrogen) atoms. The maximum atomic E-state index is 10.6. The first-order chi connectivity index (χ1) is 6.97. The summed E-state index contributed by atoms with van der Waals surface area (Å²) in [6.45, 7) is 0.229. The van der Waals surface area contributed by atoms with Crippen molar-refractivity contribution >= 4 is 6.29 Å². The summed E-state index contributed by atoms with van der Waals surface area (Å²) >= 11 is 0. The highest BCUT2D eigenvalue weighted by atomic mass is 16.3. The van der Waals surface area contributed by atoms with Crippen LogP contribution in [-0.2, 0) is 6.54 Å². The third kappa shape index (κ3) is 2.19. The molecule has 1 aromatic carbocycles. The fourth-order valence-corrected chi connectivity index (χ4v) is 1.28. The Bertz CT molecular complexity index is 387. The number of hydrogen-bond donors (Lipinski definition) is 3. The molecule has 0 amide bonds. The van der Waals surface area contributed by atoms with E-state index in [4.69, 9.17) is 0 Å². The lowest BCUT2D eigenvalue weighted by atomic mass is 10.1. The first kappa shape index (κ1) is 11.3. The number of aromatic hydroxyl groups is 3. The second-order valence-electron chi connectivity index (χ2n) is 3.52. The molecule has 0 saturated carbocycles. The number of phenolic OH excluding ortho intramolecular Hbond substituents is 3. The minimum absolute atomic E-state index is 0.0397. The van der Waals surface area contributed by atoms with Crippen molar-refractivity contribution in [3.8, 4) is 17.2 Å². The van der Waals surface area contributed by atoms with Crippen LogP contribution >= 0.6 is 0 Å². The Morgan fingerprint density at radius 3 is 2.33 bits per heavy atom. The largest absolute Gasteiger partial charge is 0.507 e. The van der Waals surface area contributed by atoms with Gasteiger partial charge in [0.05, 0.1) is 11.1 Å². The Morgan fingerprint density at radius 2 is 1.87 bits per heavy atom. The summed E-state index contributed by atoms with van der Waals surface area (Å²) < 4.78 is 0. The summed E-state index contributed by atoms with van der Waals surface area (Å²) in [5.41, 5.74) is 0.101. The minimum Gasteiger partial charge on any atom is -0.507 e. The average molecular weight is 211 g/mol. The molecular formula is C10H13NO4. The summed E-state index contributed by atoms with van der Waals surface area (Å²) in [4.78, 5) is 12.3. The van der Waals surface area contributed by atoms with Crippen molar-refractivity contribution in [2.75, 3.05) is 14.1 Å². The fraction of sp³-hybridized carbons (Fsp3) is 0.300. The molecule has 0 aromatic heterocycles. The fourth-order valence-electron chi connectivity index (χ4n) is 1.28. The van der Waals surface area contributed by atoms with Gasteiger partial charge in [-0.2, -0.15) is 0 Å². The van der Waals surface area contributed by atoms with Crippen molar-refractivity contribution < 1.29 is 20.1 Å². The van der Waals surface area contributed by atoms with Gasteiger partial charge >= 0.3 is 0 Å². The molecule has 0 unspecified atom stereocenters. The molecule has 0 aliphatic heterocycles. The Hall–Kier alpha value is -1.75. The van der Waals surface area contributed by atoms with E-state index >= 15 is 0 Å². The zero-order chi connectivity index (χ0) is 11.6. The molecule has 0 atom stereocenters. The van der Waals surface area contributed by atoms with Crippen LogP contribution in [0.4, 0.5) is 0 Å². The van der Waals surface area contributed by atoms with Gasteiger partial charge in [0.25, 0.3) is 0 Å². The van der Waals surface area contributed by atoms with Crippen LogP contribution in [0.5, 0.6) is 17.2 Å². The number of rotatable bonds is 3. The van der Waals surface area contributed by atoms with Crippen molar-refractivity contribution in [3.05, 3.63) is 17.2 Å². The summed E-state index contributed by atoms with van der Waals surface area (Å²) in [5, 5.41) is 28.4. The number of nitrogens with zero attached hydrogens (tertiary/aromatic N) is 1. The number of carbonyl (C=O) groups is 1. The Morgan fingerprint density at radius 1 is 1.27 bits per heavy atom. The molecule has 3 N–H and O–H groups in total. The minimum atomic E-state index is -0.410. The van der Waals surface area contributed by atoms with Gasteiger partial charge in [0.15, 0.2) is 17.8 Å². The number of benzene rings is 1. The third-order valence-electron chi connectivity index (χ3n) is 1.98. The van der Waals surface area contributed by atoms with Gasteiger partial charge in [-0.1, -0.05) is 0 Å². The van der Waals surface area contributed by atoms with Gasteiger partial charge in [0.2, 0.25) is 0 Å². The van der Waals surface area contributed by atoms with Crippen molar-refractivity contribution in [1.82, 2.24) is 4.90 Å². The first-order valence-electron chi connectivity index (χ1n) is 4.34. The molecule has 5 nitrogen and oxygen atoms in total. The second-order valence-corrected chi connectivity index (χ2v) is 3.52. The van der Waals surface area contributed by atoms with E-state index < -0.39 is 11.5 Å². The highest BCUT2D eigenvalue weighted by molar-refractivity contribution is 5.82. The van der Waals surface area contributed by atoms with Crippen LogP contribution < -0.4 is 0 Å². The summed E-state index contributed by atoms with van der Waals surface area (Å²) in [6.07, 6.45) is 0.424. The number of aldehydes is 1. The zero-order valence-electron chi connectivity index (χ0n) is 8.56. The lowest BCUT2D eigenvalue weighted by Crippen LogP contribution is -2.11. The van der Waals surface area contributed by atoms with Crippen LogP contribution in [0.1, 0.15) is 15.9 Å². The summed E-state index contributed by atoms with van der Waals surface area (Å²) in [6, 6.07) is 1.02. The molecule has 5 heteroatoms. The molecule has 0 fully saturated rings. The van der Waals surface area contributed by atoms with Crippen molar-refractivity contribution in [3.63, 3.8) is 0 Å². The molecule has 82 valence electrons. The van der Waals surface area contributed by atoms with Gasteiger partial charge in [-0.3, -0.25) is 4.79 Å². The van der Waals surface area contributed by atoms with E-state index in [1.54, 1.807) is 19.0 Å². The van der Waals surface area contributed by atoms with Gasteiger partial charge in [-0.15, -0.1) is 0 Å². The van der Waals surface area contributed by atoms with Crippen LogP contribution in [0.25, 0.3) is 0 Å². The molecule has 0 bridgehead atoms. The van der Waals surface area contributed by atoms with E-state index in [2.05, 4.69) is 0 Å². The maximum Gasteiger partial charge on any atom is 0.165 e. The molecule has 0 aliphatic carbocycles. The monoisotopic (exact) mass is 211 g/mol. The van der Waals surface area contributed by atoms with Crippen molar-refractivity contribution in [1.29, 1.82) is 0 Å². The van der Waals surface area contributed by atoms with E-state index in [1.807, 2.05) is 0 Å². The third-order valence-corrected chi connectivity index (χ3v) is 1.98. The topological polar surface area (TPSA) is 81.0 Å². The van der Waals surface area contributed by atoms with Gasteiger partial charge < -0.3 is 20.2 Å². The Kier molecular flexibility index (Phi) is 3.16. The smallest absolute Gasteiger partial charge is 0.165 e. The van der Waals surface area contributed by atoms with E-state index in [0.29, 0.717) is 6.29 Å². The van der Waals surface area contributed by atoms with Crippen LogP contribution in [0.15, 0.2) is 6.07 Å². The Labute approximate surface area is 87.2 Å². The molecule has 0 radical (unpaired) electrons. The average Bonchev–Trinajstić information content (AvgIpc) is 2.18. The molecule has 1 rings (SSSR count). The molecule has 0 spiro atoms. The predicted molar refractivity (Wildman–Crippen MR) is 54.2 cm³/mol. The SMILES string of the molecule is CN(C)Cc1c(O)c(O)cc(C=O)c1O. The highest BCUT2D eigenvalue weighted by Crippen LogP contribution is 2.38. The molecule has 0 heterocycles.